The van der Waals surface area contributed by atoms with Crippen LogP contribution in [0.5, 0.6) is 0 Å². The standard InChI is InChI=1S/C15H14FN3O4/c1-9-7-13(19(22)23)8-18(15(9)21)10(2)14(20)17-12-5-3-11(16)4-6-12/h3-8,10H,1-2H3,(H,17,20). The van der Waals surface area contributed by atoms with Crippen LogP contribution in [0.15, 0.2) is 41.3 Å². The Bertz CT molecular complexity index is 814. The largest absolute Gasteiger partial charge is 0.324 e. The maximum Gasteiger partial charge on any atom is 0.286 e. The van der Waals surface area contributed by atoms with Gasteiger partial charge in [-0.15, -0.1) is 0 Å². The summed E-state index contributed by atoms with van der Waals surface area (Å²) in [6.45, 7) is 2.89. The molecule has 7 nitrogen and oxygen atoms in total. The molecule has 0 bridgehead atoms. The van der Waals surface area contributed by atoms with Crippen molar-refractivity contribution in [3.05, 3.63) is 68.4 Å². The lowest BCUT2D eigenvalue weighted by molar-refractivity contribution is -0.385. The Morgan fingerprint density at radius 3 is 2.52 bits per heavy atom. The second-order valence-corrected chi connectivity index (χ2v) is 5.02. The summed E-state index contributed by atoms with van der Waals surface area (Å²) in [7, 11) is 0. The topological polar surface area (TPSA) is 94.2 Å². The lowest BCUT2D eigenvalue weighted by Gasteiger charge is -2.15. The van der Waals surface area contributed by atoms with Crippen molar-refractivity contribution in [2.24, 2.45) is 0 Å². The molecule has 1 unspecified atom stereocenters. The summed E-state index contributed by atoms with van der Waals surface area (Å²) in [6, 6.07) is 5.31. The SMILES string of the molecule is Cc1cc([N+](=O)[O-])cn(C(C)C(=O)Nc2ccc(F)cc2)c1=O. The monoisotopic (exact) mass is 319 g/mol. The molecule has 1 aromatic heterocycles. The molecule has 2 rings (SSSR count). The average Bonchev–Trinajstić information content (AvgIpc) is 2.51. The molecule has 1 aromatic carbocycles. The van der Waals surface area contributed by atoms with E-state index in [9.17, 15) is 24.1 Å². The Balaban J connectivity index is 2.30. The molecule has 23 heavy (non-hydrogen) atoms. The summed E-state index contributed by atoms with van der Waals surface area (Å²) in [5.41, 5.74) is -0.236. The molecular formula is C15H14FN3O4. The predicted octanol–water partition coefficient (Wildman–Crippen LogP) is 2.40. The molecule has 1 N–H and O–H groups in total. The third kappa shape index (κ3) is 3.60. The molecule has 2 aromatic rings. The lowest BCUT2D eigenvalue weighted by atomic mass is 10.2. The van der Waals surface area contributed by atoms with Gasteiger partial charge in [0.15, 0.2) is 0 Å². The highest BCUT2D eigenvalue weighted by Crippen LogP contribution is 2.15. The molecule has 0 saturated carbocycles. The van der Waals surface area contributed by atoms with Crippen molar-refractivity contribution in [2.45, 2.75) is 19.9 Å². The molecule has 0 fully saturated rings. The summed E-state index contributed by atoms with van der Waals surface area (Å²) < 4.78 is 13.8. The van der Waals surface area contributed by atoms with Gasteiger partial charge < -0.3 is 5.32 Å². The Morgan fingerprint density at radius 2 is 1.96 bits per heavy atom. The highest BCUT2D eigenvalue weighted by Gasteiger charge is 2.20. The smallest absolute Gasteiger partial charge is 0.286 e. The fourth-order valence-electron chi connectivity index (χ4n) is 2.02. The maximum absolute atomic E-state index is 12.8. The van der Waals surface area contributed by atoms with Crippen LogP contribution in [0.1, 0.15) is 18.5 Å². The van der Waals surface area contributed by atoms with E-state index in [-0.39, 0.29) is 11.3 Å². The van der Waals surface area contributed by atoms with E-state index in [2.05, 4.69) is 5.32 Å². The Morgan fingerprint density at radius 1 is 1.35 bits per heavy atom. The van der Waals surface area contributed by atoms with Gasteiger partial charge in [0, 0.05) is 17.3 Å². The van der Waals surface area contributed by atoms with Gasteiger partial charge in [-0.25, -0.2) is 4.39 Å². The fraction of sp³-hybridized carbons (Fsp3) is 0.200. The number of rotatable bonds is 4. The van der Waals surface area contributed by atoms with Gasteiger partial charge in [0.2, 0.25) is 5.91 Å². The molecule has 0 saturated heterocycles. The number of aromatic nitrogens is 1. The van der Waals surface area contributed by atoms with Crippen LogP contribution < -0.4 is 10.9 Å². The second-order valence-electron chi connectivity index (χ2n) is 5.02. The van der Waals surface area contributed by atoms with Gasteiger partial charge in [-0.1, -0.05) is 0 Å². The molecular weight excluding hydrogens is 305 g/mol. The number of benzene rings is 1. The van der Waals surface area contributed by atoms with Gasteiger partial charge in [0.05, 0.1) is 11.1 Å². The number of halogens is 1. The van der Waals surface area contributed by atoms with E-state index in [0.717, 1.165) is 16.8 Å². The Kier molecular flexibility index (Phi) is 4.54. The van der Waals surface area contributed by atoms with Gasteiger partial charge in [-0.05, 0) is 38.1 Å². The van der Waals surface area contributed by atoms with Crippen molar-refractivity contribution in [2.75, 3.05) is 5.32 Å². The van der Waals surface area contributed by atoms with Crippen LogP contribution in [-0.2, 0) is 4.79 Å². The van der Waals surface area contributed by atoms with Crippen molar-refractivity contribution < 1.29 is 14.1 Å². The van der Waals surface area contributed by atoms with E-state index < -0.39 is 28.2 Å². The van der Waals surface area contributed by atoms with Crippen LogP contribution in [0.25, 0.3) is 0 Å². The fourth-order valence-corrected chi connectivity index (χ4v) is 2.02. The first kappa shape index (κ1) is 16.3. The minimum atomic E-state index is -0.967. The van der Waals surface area contributed by atoms with E-state index in [1.165, 1.54) is 38.1 Å². The number of pyridine rings is 1. The zero-order valence-electron chi connectivity index (χ0n) is 12.4. The number of anilines is 1. The molecule has 8 heteroatoms. The highest BCUT2D eigenvalue weighted by molar-refractivity contribution is 5.93. The molecule has 1 heterocycles. The minimum absolute atomic E-state index is 0.167. The average molecular weight is 319 g/mol. The summed E-state index contributed by atoms with van der Waals surface area (Å²) in [6.07, 6.45) is 1.03. The molecule has 0 aliphatic rings. The third-order valence-corrected chi connectivity index (χ3v) is 3.33. The van der Waals surface area contributed by atoms with Crippen molar-refractivity contribution in [1.29, 1.82) is 0 Å². The number of nitrogens with one attached hydrogen (secondary N) is 1. The van der Waals surface area contributed by atoms with Crippen molar-refractivity contribution in [1.82, 2.24) is 4.57 Å². The van der Waals surface area contributed by atoms with Gasteiger partial charge in [-0.2, -0.15) is 0 Å². The van der Waals surface area contributed by atoms with Crippen LogP contribution >= 0.6 is 0 Å². The number of carbonyl (C=O) groups excluding carboxylic acids is 1. The molecule has 0 spiro atoms. The van der Waals surface area contributed by atoms with Crippen LogP contribution in [0.3, 0.4) is 0 Å². The summed E-state index contributed by atoms with van der Waals surface area (Å²) in [5, 5.41) is 13.4. The lowest BCUT2D eigenvalue weighted by Crippen LogP contribution is -2.32. The van der Waals surface area contributed by atoms with Crippen LogP contribution in [0.4, 0.5) is 15.8 Å². The van der Waals surface area contributed by atoms with E-state index in [0.29, 0.717) is 5.69 Å². The van der Waals surface area contributed by atoms with Crippen LogP contribution in [0.2, 0.25) is 0 Å². The highest BCUT2D eigenvalue weighted by atomic mass is 19.1. The summed E-state index contributed by atoms with van der Waals surface area (Å²) in [4.78, 5) is 34.6. The van der Waals surface area contributed by atoms with E-state index in [4.69, 9.17) is 0 Å². The number of aryl methyl sites for hydroxylation is 1. The van der Waals surface area contributed by atoms with Crippen molar-refractivity contribution >= 4 is 17.3 Å². The number of carbonyl (C=O) groups is 1. The van der Waals surface area contributed by atoms with Gasteiger partial charge in [0.1, 0.15) is 11.9 Å². The van der Waals surface area contributed by atoms with Gasteiger partial charge in [-0.3, -0.25) is 24.3 Å². The minimum Gasteiger partial charge on any atom is -0.324 e. The molecule has 120 valence electrons. The quantitative estimate of drug-likeness (QED) is 0.691. The Labute approximate surface area is 130 Å². The first-order valence-electron chi connectivity index (χ1n) is 6.73. The van der Waals surface area contributed by atoms with Gasteiger partial charge >= 0.3 is 0 Å². The summed E-state index contributed by atoms with van der Waals surface area (Å²) >= 11 is 0. The molecule has 1 amide bonds. The van der Waals surface area contributed by atoms with E-state index in [1.807, 2.05) is 0 Å². The number of amides is 1. The molecule has 0 aliphatic carbocycles. The Hall–Kier alpha value is -3.03. The van der Waals surface area contributed by atoms with Crippen LogP contribution in [0, 0.1) is 22.9 Å². The van der Waals surface area contributed by atoms with Crippen molar-refractivity contribution in [3.63, 3.8) is 0 Å². The van der Waals surface area contributed by atoms with E-state index in [1.54, 1.807) is 0 Å². The normalized spacial score (nSPS) is 11.8. The van der Waals surface area contributed by atoms with Crippen LogP contribution in [-0.4, -0.2) is 15.4 Å². The van der Waals surface area contributed by atoms with E-state index >= 15 is 0 Å². The van der Waals surface area contributed by atoms with Gasteiger partial charge in [0.25, 0.3) is 11.2 Å². The van der Waals surface area contributed by atoms with Crippen molar-refractivity contribution in [3.8, 4) is 0 Å². The third-order valence-electron chi connectivity index (χ3n) is 3.33. The number of hydrogen-bond acceptors (Lipinski definition) is 4. The summed E-state index contributed by atoms with van der Waals surface area (Å²) in [5.74, 6) is -0.986. The predicted molar refractivity (Wildman–Crippen MR) is 81.8 cm³/mol. The zero-order chi connectivity index (χ0) is 17.1. The first-order chi connectivity index (χ1) is 10.8. The molecule has 0 aliphatic heterocycles. The first-order valence-corrected chi connectivity index (χ1v) is 6.73. The maximum atomic E-state index is 12.8. The molecule has 0 radical (unpaired) electrons. The number of nitrogens with zero attached hydrogens (tertiary/aromatic N) is 2. The number of hydrogen-bond donors (Lipinski definition) is 1. The zero-order valence-corrected chi connectivity index (χ0v) is 12.4. The molecule has 1 atom stereocenters. The second kappa shape index (κ2) is 6.39. The number of nitro groups is 1.